The van der Waals surface area contributed by atoms with Crippen molar-refractivity contribution in [3.05, 3.63) is 35.4 Å². The van der Waals surface area contributed by atoms with Crippen LogP contribution in [0, 0.1) is 0 Å². The Kier molecular flexibility index (Phi) is 4.54. The standard InChI is InChI=1S/C16H22O2/c1-3-4-5-13-7-9-14(10-8-13)16(17)15-11-6-12(2)18-15/h7-10,12,15H,3-6,11H2,1-2H3. The normalized spacial score (nSPS) is 23.2. The van der Waals surface area contributed by atoms with Gasteiger partial charge in [-0.2, -0.15) is 0 Å². The van der Waals surface area contributed by atoms with Gasteiger partial charge in [0.2, 0.25) is 0 Å². The molecule has 1 heterocycles. The van der Waals surface area contributed by atoms with Gasteiger partial charge in [0.1, 0.15) is 6.10 Å². The zero-order chi connectivity index (χ0) is 13.0. The van der Waals surface area contributed by atoms with E-state index >= 15 is 0 Å². The molecule has 2 nitrogen and oxygen atoms in total. The number of carbonyl (C=O) groups is 1. The van der Waals surface area contributed by atoms with Crippen LogP contribution in [0.4, 0.5) is 0 Å². The maximum atomic E-state index is 12.2. The first kappa shape index (κ1) is 13.3. The van der Waals surface area contributed by atoms with E-state index in [0.29, 0.717) is 0 Å². The second kappa shape index (κ2) is 6.14. The molecule has 2 heteroatoms. The molecule has 0 spiro atoms. The maximum Gasteiger partial charge on any atom is 0.191 e. The molecule has 2 atom stereocenters. The van der Waals surface area contributed by atoms with Crippen LogP contribution in [0.25, 0.3) is 0 Å². The third-order valence-electron chi connectivity index (χ3n) is 3.58. The van der Waals surface area contributed by atoms with Crippen LogP contribution < -0.4 is 0 Å². The van der Waals surface area contributed by atoms with Crippen LogP contribution in [0.2, 0.25) is 0 Å². The lowest BCUT2D eigenvalue weighted by Gasteiger charge is -2.10. The summed E-state index contributed by atoms with van der Waals surface area (Å²) in [5.41, 5.74) is 2.10. The predicted octanol–water partition coefficient (Wildman–Crippen LogP) is 3.78. The van der Waals surface area contributed by atoms with Gasteiger partial charge in [0.25, 0.3) is 0 Å². The minimum Gasteiger partial charge on any atom is -0.367 e. The fourth-order valence-corrected chi connectivity index (χ4v) is 2.40. The van der Waals surface area contributed by atoms with Gasteiger partial charge in [0.15, 0.2) is 5.78 Å². The van der Waals surface area contributed by atoms with Gasteiger partial charge in [-0.05, 0) is 38.2 Å². The van der Waals surface area contributed by atoms with Crippen LogP contribution in [-0.2, 0) is 11.2 Å². The number of hydrogen-bond acceptors (Lipinski definition) is 2. The van der Waals surface area contributed by atoms with Gasteiger partial charge in [0, 0.05) is 5.56 Å². The first-order chi connectivity index (χ1) is 8.70. The summed E-state index contributed by atoms with van der Waals surface area (Å²) in [5, 5.41) is 0. The second-order valence-electron chi connectivity index (χ2n) is 5.18. The maximum absolute atomic E-state index is 12.2. The molecule has 2 rings (SSSR count). The van der Waals surface area contributed by atoms with Crippen molar-refractivity contribution < 1.29 is 9.53 Å². The van der Waals surface area contributed by atoms with Gasteiger partial charge in [-0.25, -0.2) is 0 Å². The molecule has 18 heavy (non-hydrogen) atoms. The van der Waals surface area contributed by atoms with E-state index in [1.54, 1.807) is 0 Å². The van der Waals surface area contributed by atoms with Crippen LogP contribution in [-0.4, -0.2) is 18.0 Å². The first-order valence-electron chi connectivity index (χ1n) is 6.99. The number of hydrogen-bond donors (Lipinski definition) is 0. The smallest absolute Gasteiger partial charge is 0.191 e. The fraction of sp³-hybridized carbons (Fsp3) is 0.562. The van der Waals surface area contributed by atoms with E-state index in [0.717, 1.165) is 24.8 Å². The van der Waals surface area contributed by atoms with E-state index in [1.165, 1.54) is 18.4 Å². The molecule has 1 saturated heterocycles. The molecule has 0 radical (unpaired) electrons. The molecule has 0 saturated carbocycles. The Balaban J connectivity index is 1.98. The Hall–Kier alpha value is -1.15. The van der Waals surface area contributed by atoms with Crippen molar-refractivity contribution in [2.45, 2.75) is 58.2 Å². The summed E-state index contributed by atoms with van der Waals surface area (Å²) in [6.07, 6.45) is 5.36. The van der Waals surface area contributed by atoms with E-state index < -0.39 is 0 Å². The van der Waals surface area contributed by atoms with Gasteiger partial charge in [-0.3, -0.25) is 4.79 Å². The van der Waals surface area contributed by atoms with Crippen LogP contribution in [0.5, 0.6) is 0 Å². The molecule has 2 unspecified atom stereocenters. The van der Waals surface area contributed by atoms with Gasteiger partial charge in [-0.15, -0.1) is 0 Å². The number of rotatable bonds is 5. The van der Waals surface area contributed by atoms with E-state index in [2.05, 4.69) is 19.1 Å². The molecule has 0 amide bonds. The average Bonchev–Trinajstić information content (AvgIpc) is 2.83. The van der Waals surface area contributed by atoms with E-state index in [-0.39, 0.29) is 18.0 Å². The molecule has 0 aromatic heterocycles. The zero-order valence-electron chi connectivity index (χ0n) is 11.3. The molecular weight excluding hydrogens is 224 g/mol. The van der Waals surface area contributed by atoms with Gasteiger partial charge in [0.05, 0.1) is 6.10 Å². The number of unbranched alkanes of at least 4 members (excludes halogenated alkanes) is 1. The first-order valence-corrected chi connectivity index (χ1v) is 6.99. The zero-order valence-corrected chi connectivity index (χ0v) is 11.3. The molecule has 1 aromatic carbocycles. The molecular formula is C16H22O2. The summed E-state index contributed by atoms with van der Waals surface area (Å²) in [6.45, 7) is 4.22. The van der Waals surface area contributed by atoms with Crippen molar-refractivity contribution in [1.82, 2.24) is 0 Å². The average molecular weight is 246 g/mol. The summed E-state index contributed by atoms with van der Waals surface area (Å²) in [4.78, 5) is 12.2. The lowest BCUT2D eigenvalue weighted by Crippen LogP contribution is -2.20. The SMILES string of the molecule is CCCCc1ccc(C(=O)C2CCC(C)O2)cc1. The summed E-state index contributed by atoms with van der Waals surface area (Å²) in [7, 11) is 0. The summed E-state index contributed by atoms with van der Waals surface area (Å²) in [5.74, 6) is 0.140. The monoisotopic (exact) mass is 246 g/mol. The number of ether oxygens (including phenoxy) is 1. The van der Waals surface area contributed by atoms with Crippen LogP contribution >= 0.6 is 0 Å². The van der Waals surface area contributed by atoms with Crippen molar-refractivity contribution in [3.8, 4) is 0 Å². The van der Waals surface area contributed by atoms with Gasteiger partial charge < -0.3 is 4.74 Å². The topological polar surface area (TPSA) is 26.3 Å². The summed E-state index contributed by atoms with van der Waals surface area (Å²) in [6, 6.07) is 8.03. The molecule has 1 aliphatic heterocycles. The van der Waals surface area contributed by atoms with Crippen molar-refractivity contribution in [3.63, 3.8) is 0 Å². The summed E-state index contributed by atoms with van der Waals surface area (Å²) < 4.78 is 5.62. The third kappa shape index (κ3) is 3.20. The van der Waals surface area contributed by atoms with Crippen LogP contribution in [0.15, 0.2) is 24.3 Å². The number of aryl methyl sites for hydroxylation is 1. The van der Waals surface area contributed by atoms with Gasteiger partial charge >= 0.3 is 0 Å². The predicted molar refractivity (Wildman–Crippen MR) is 73.0 cm³/mol. The van der Waals surface area contributed by atoms with E-state index in [9.17, 15) is 4.79 Å². The number of benzene rings is 1. The van der Waals surface area contributed by atoms with Crippen molar-refractivity contribution in [2.24, 2.45) is 0 Å². The molecule has 1 aromatic rings. The van der Waals surface area contributed by atoms with Crippen LogP contribution in [0.3, 0.4) is 0 Å². The molecule has 1 fully saturated rings. The minimum atomic E-state index is -0.221. The number of Topliss-reactive ketones (excluding diaryl/α,β-unsaturated/α-hetero) is 1. The molecule has 98 valence electrons. The Bertz CT molecular complexity index is 394. The Labute approximate surface area is 109 Å². The third-order valence-corrected chi connectivity index (χ3v) is 3.58. The van der Waals surface area contributed by atoms with Crippen molar-refractivity contribution >= 4 is 5.78 Å². The quantitative estimate of drug-likeness (QED) is 0.739. The molecule has 0 N–H and O–H groups in total. The lowest BCUT2D eigenvalue weighted by molar-refractivity contribution is 0.0433. The van der Waals surface area contributed by atoms with Crippen molar-refractivity contribution in [1.29, 1.82) is 0 Å². The Morgan fingerprint density at radius 1 is 1.28 bits per heavy atom. The second-order valence-corrected chi connectivity index (χ2v) is 5.18. The lowest BCUT2D eigenvalue weighted by atomic mass is 10.0. The largest absolute Gasteiger partial charge is 0.367 e. The Morgan fingerprint density at radius 3 is 2.56 bits per heavy atom. The summed E-state index contributed by atoms with van der Waals surface area (Å²) >= 11 is 0. The van der Waals surface area contributed by atoms with E-state index in [4.69, 9.17) is 4.74 Å². The highest BCUT2D eigenvalue weighted by Crippen LogP contribution is 2.22. The highest BCUT2D eigenvalue weighted by Gasteiger charge is 2.28. The molecule has 0 aliphatic carbocycles. The number of carbonyl (C=O) groups excluding carboxylic acids is 1. The highest BCUT2D eigenvalue weighted by atomic mass is 16.5. The minimum absolute atomic E-state index is 0.140. The van der Waals surface area contributed by atoms with E-state index in [1.807, 2.05) is 19.1 Å². The van der Waals surface area contributed by atoms with Crippen molar-refractivity contribution in [2.75, 3.05) is 0 Å². The molecule has 0 bridgehead atoms. The fourth-order valence-electron chi connectivity index (χ4n) is 2.40. The number of ketones is 1. The van der Waals surface area contributed by atoms with Gasteiger partial charge in [-0.1, -0.05) is 37.6 Å². The highest BCUT2D eigenvalue weighted by molar-refractivity contribution is 5.99. The van der Waals surface area contributed by atoms with Crippen LogP contribution in [0.1, 0.15) is 55.5 Å². The molecule has 1 aliphatic rings. The Morgan fingerprint density at radius 2 is 2.00 bits per heavy atom.